The van der Waals surface area contributed by atoms with Gasteiger partial charge in [-0.3, -0.25) is 4.79 Å². The summed E-state index contributed by atoms with van der Waals surface area (Å²) in [6, 6.07) is 6.48. The first-order chi connectivity index (χ1) is 14.5. The van der Waals surface area contributed by atoms with Crippen LogP contribution in [-0.2, 0) is 22.6 Å². The van der Waals surface area contributed by atoms with Gasteiger partial charge in [-0.05, 0) is 69.0 Å². The highest BCUT2D eigenvalue weighted by atomic mass is 32.2. The summed E-state index contributed by atoms with van der Waals surface area (Å²) < 4.78 is 31.5. The van der Waals surface area contributed by atoms with Crippen molar-refractivity contribution < 1.29 is 8.42 Å². The smallest absolute Gasteiger partial charge is 0.258 e. The van der Waals surface area contributed by atoms with Gasteiger partial charge in [0.05, 0.1) is 22.5 Å². The van der Waals surface area contributed by atoms with Gasteiger partial charge < -0.3 is 4.57 Å². The number of pyridine rings is 1. The van der Waals surface area contributed by atoms with Gasteiger partial charge in [-0.2, -0.15) is 0 Å². The second-order valence-corrected chi connectivity index (χ2v) is 12.5. The molecule has 2 heterocycles. The van der Waals surface area contributed by atoms with Crippen molar-refractivity contribution in [2.45, 2.75) is 56.4 Å². The van der Waals surface area contributed by atoms with Crippen molar-refractivity contribution in [3.63, 3.8) is 0 Å². The number of hydrogen-bond donors (Lipinski definition) is 1. The molecule has 3 fully saturated rings. The Morgan fingerprint density at radius 3 is 2.48 bits per heavy atom. The van der Waals surface area contributed by atoms with Crippen LogP contribution in [0.1, 0.15) is 57.3 Å². The van der Waals surface area contributed by atoms with E-state index in [1.165, 1.54) is 4.57 Å². The standard InChI is InChI=1S/C22H27N5O3S/c1-21(2,3)31(29,30)24-19(18-13-27(25-23-18)22-10-14(11-22)12-22)16-6-5-7-17-15(16)8-9-26(4)20(17)28/h5-9,13-14,19,24H,10-12H2,1-4H3/t14?,19-,22?/m0/s1. The fourth-order valence-electron chi connectivity index (χ4n) is 4.62. The number of nitrogens with one attached hydrogen (secondary N) is 1. The Kier molecular flexibility index (Phi) is 4.27. The molecule has 0 saturated heterocycles. The normalized spacial score (nSPS) is 23.9. The van der Waals surface area contributed by atoms with E-state index < -0.39 is 20.8 Å². The van der Waals surface area contributed by atoms with Gasteiger partial charge in [-0.1, -0.05) is 17.3 Å². The third-order valence-electron chi connectivity index (χ3n) is 6.84. The highest BCUT2D eigenvalue weighted by Crippen LogP contribution is 2.61. The highest BCUT2D eigenvalue weighted by Gasteiger charge is 2.59. The number of rotatable bonds is 5. The summed E-state index contributed by atoms with van der Waals surface area (Å²) in [6.45, 7) is 4.97. The lowest BCUT2D eigenvalue weighted by atomic mass is 9.50. The van der Waals surface area contributed by atoms with E-state index in [1.54, 1.807) is 46.1 Å². The molecule has 1 atom stereocenters. The van der Waals surface area contributed by atoms with Crippen LogP contribution >= 0.6 is 0 Å². The first-order valence-electron chi connectivity index (χ1n) is 10.5. The van der Waals surface area contributed by atoms with E-state index in [0.717, 1.165) is 25.2 Å². The van der Waals surface area contributed by atoms with Crippen molar-refractivity contribution in [3.05, 3.63) is 58.3 Å². The summed E-state index contributed by atoms with van der Waals surface area (Å²) in [5.74, 6) is 0.789. The third-order valence-corrected chi connectivity index (χ3v) is 9.00. The van der Waals surface area contributed by atoms with Gasteiger partial charge in [0.1, 0.15) is 5.69 Å². The maximum Gasteiger partial charge on any atom is 0.258 e. The van der Waals surface area contributed by atoms with E-state index in [2.05, 4.69) is 15.0 Å². The van der Waals surface area contributed by atoms with Crippen LogP contribution in [0.15, 0.2) is 41.5 Å². The SMILES string of the molecule is Cn1ccc2c([C@H](NS(=O)(=O)C(C)(C)C)c3cn(C45CC(C4)C5)nn3)cccc2c1=O. The molecule has 1 aromatic carbocycles. The van der Waals surface area contributed by atoms with E-state index in [1.807, 2.05) is 23.0 Å². The Hall–Kier alpha value is -2.52. The van der Waals surface area contributed by atoms with Crippen LogP contribution < -0.4 is 10.3 Å². The molecule has 9 heteroatoms. The summed E-state index contributed by atoms with van der Waals surface area (Å²) in [6.07, 6.45) is 6.89. The molecule has 0 spiro atoms. The minimum Gasteiger partial charge on any atom is -0.318 e. The predicted octanol–water partition coefficient (Wildman–Crippen LogP) is 2.45. The topological polar surface area (TPSA) is 98.9 Å². The zero-order valence-electron chi connectivity index (χ0n) is 18.2. The molecule has 3 aromatic rings. The number of nitrogens with zero attached hydrogens (tertiary/aromatic N) is 4. The van der Waals surface area contributed by atoms with Gasteiger partial charge in [0, 0.05) is 18.6 Å². The van der Waals surface area contributed by atoms with Crippen molar-refractivity contribution in [1.82, 2.24) is 24.3 Å². The second kappa shape index (κ2) is 6.49. The molecule has 0 amide bonds. The largest absolute Gasteiger partial charge is 0.318 e. The Morgan fingerprint density at radius 2 is 1.87 bits per heavy atom. The molecule has 3 aliphatic carbocycles. The molecule has 2 bridgehead atoms. The summed E-state index contributed by atoms with van der Waals surface area (Å²) in [7, 11) is -2.00. The lowest BCUT2D eigenvalue weighted by Gasteiger charge is -2.61. The number of hydrogen-bond acceptors (Lipinski definition) is 5. The monoisotopic (exact) mass is 441 g/mol. The quantitative estimate of drug-likeness (QED) is 0.656. The molecule has 0 aliphatic heterocycles. The Balaban J connectivity index is 1.66. The van der Waals surface area contributed by atoms with Crippen LogP contribution in [0.2, 0.25) is 0 Å². The van der Waals surface area contributed by atoms with Crippen molar-refractivity contribution in [3.8, 4) is 0 Å². The molecule has 0 radical (unpaired) electrons. The molecule has 31 heavy (non-hydrogen) atoms. The van der Waals surface area contributed by atoms with E-state index in [4.69, 9.17) is 0 Å². The van der Waals surface area contributed by atoms with Crippen LogP contribution in [0.4, 0.5) is 0 Å². The number of aryl methyl sites for hydroxylation is 1. The lowest BCUT2D eigenvalue weighted by Crippen LogP contribution is -2.59. The average molecular weight is 442 g/mol. The maximum atomic E-state index is 13.1. The zero-order valence-corrected chi connectivity index (χ0v) is 19.0. The van der Waals surface area contributed by atoms with Crippen molar-refractivity contribution in [2.75, 3.05) is 0 Å². The molecule has 6 rings (SSSR count). The Morgan fingerprint density at radius 1 is 1.16 bits per heavy atom. The second-order valence-electron chi connectivity index (χ2n) is 10.00. The molecule has 8 nitrogen and oxygen atoms in total. The molecule has 2 aromatic heterocycles. The van der Waals surface area contributed by atoms with E-state index >= 15 is 0 Å². The summed E-state index contributed by atoms with van der Waals surface area (Å²) in [5, 5.41) is 9.98. The summed E-state index contributed by atoms with van der Waals surface area (Å²) >= 11 is 0. The van der Waals surface area contributed by atoms with Crippen LogP contribution in [0.25, 0.3) is 10.8 Å². The minimum absolute atomic E-state index is 0.0536. The van der Waals surface area contributed by atoms with Crippen molar-refractivity contribution >= 4 is 20.8 Å². The highest BCUT2D eigenvalue weighted by molar-refractivity contribution is 7.90. The summed E-state index contributed by atoms with van der Waals surface area (Å²) in [4.78, 5) is 12.7. The fourth-order valence-corrected chi connectivity index (χ4v) is 5.53. The minimum atomic E-state index is -3.70. The number of sulfonamides is 1. The number of fused-ring (bicyclic) bond motifs is 1. The molecular weight excluding hydrogens is 414 g/mol. The van der Waals surface area contributed by atoms with Gasteiger partial charge >= 0.3 is 0 Å². The molecule has 3 saturated carbocycles. The van der Waals surface area contributed by atoms with Crippen LogP contribution in [0, 0.1) is 5.92 Å². The third kappa shape index (κ3) is 3.05. The predicted molar refractivity (Wildman–Crippen MR) is 118 cm³/mol. The number of benzene rings is 1. The molecule has 164 valence electrons. The fraction of sp³-hybridized carbons (Fsp3) is 0.500. The van der Waals surface area contributed by atoms with Crippen LogP contribution in [0.3, 0.4) is 0 Å². The lowest BCUT2D eigenvalue weighted by molar-refractivity contribution is -0.0989. The van der Waals surface area contributed by atoms with Gasteiger partial charge in [-0.15, -0.1) is 5.10 Å². The van der Waals surface area contributed by atoms with Gasteiger partial charge in [-0.25, -0.2) is 17.8 Å². The first kappa shape index (κ1) is 20.4. The first-order valence-corrected chi connectivity index (χ1v) is 12.0. The molecule has 1 N–H and O–H groups in total. The van der Waals surface area contributed by atoms with Crippen LogP contribution in [-0.4, -0.2) is 32.7 Å². The van der Waals surface area contributed by atoms with Gasteiger partial charge in [0.2, 0.25) is 10.0 Å². The van der Waals surface area contributed by atoms with Crippen LogP contribution in [0.5, 0.6) is 0 Å². The van der Waals surface area contributed by atoms with E-state index in [-0.39, 0.29) is 11.1 Å². The molecular formula is C22H27N5O3S. The maximum absolute atomic E-state index is 13.1. The Labute approximate surface area is 181 Å². The van der Waals surface area contributed by atoms with Crippen molar-refractivity contribution in [1.29, 1.82) is 0 Å². The van der Waals surface area contributed by atoms with Gasteiger partial charge in [0.25, 0.3) is 5.56 Å². The summed E-state index contributed by atoms with van der Waals surface area (Å²) in [5.41, 5.74) is 1.14. The zero-order chi connectivity index (χ0) is 22.2. The van der Waals surface area contributed by atoms with Crippen molar-refractivity contribution in [2.24, 2.45) is 13.0 Å². The molecule has 3 aliphatic rings. The average Bonchev–Trinajstić information content (AvgIpc) is 3.08. The molecule has 0 unspecified atom stereocenters. The number of aromatic nitrogens is 4. The van der Waals surface area contributed by atoms with E-state index in [9.17, 15) is 13.2 Å². The Bertz CT molecular complexity index is 1330. The van der Waals surface area contributed by atoms with E-state index in [0.29, 0.717) is 22.0 Å². The van der Waals surface area contributed by atoms with Gasteiger partial charge in [0.15, 0.2) is 0 Å².